The molecule has 0 atom stereocenters. The molecule has 0 aliphatic rings. The molecule has 1 heterocycles. The van der Waals surface area contributed by atoms with Gasteiger partial charge < -0.3 is 9.47 Å². The van der Waals surface area contributed by atoms with Crippen LogP contribution in [0, 0.1) is 0 Å². The Hall–Kier alpha value is -7.94. The van der Waals surface area contributed by atoms with Gasteiger partial charge in [-0.1, -0.05) is 181 Å². The Balaban J connectivity index is 1.21. The first kappa shape index (κ1) is 17.5. The van der Waals surface area contributed by atoms with Crippen LogP contribution in [-0.2, 0) is 0 Å². The number of aromatic nitrogens is 1. The van der Waals surface area contributed by atoms with Crippen LogP contribution in [-0.4, -0.2) is 4.57 Å². The highest BCUT2D eigenvalue weighted by atomic mass is 15.1. The van der Waals surface area contributed by atoms with E-state index in [0.29, 0.717) is 15.8 Å². The lowest BCUT2D eigenvalue weighted by Crippen LogP contribution is -2.11. The van der Waals surface area contributed by atoms with Crippen molar-refractivity contribution in [1.82, 2.24) is 4.57 Å². The van der Waals surface area contributed by atoms with E-state index in [0.717, 1.165) is 27.4 Å². The van der Waals surface area contributed by atoms with E-state index < -0.39 is 208 Å². The van der Waals surface area contributed by atoms with Gasteiger partial charge in [-0.15, -0.1) is 0 Å². The fourth-order valence-corrected chi connectivity index (χ4v) is 7.13. The fourth-order valence-electron chi connectivity index (χ4n) is 7.13. The van der Waals surface area contributed by atoms with Gasteiger partial charge in [0.25, 0.3) is 0 Å². The lowest BCUT2D eigenvalue weighted by Gasteiger charge is -2.28. The minimum Gasteiger partial charge on any atom is -0.310 e. The highest BCUT2D eigenvalue weighted by Gasteiger charge is 2.18. The fraction of sp³-hybridized carbons (Fsp3) is 0. The van der Waals surface area contributed by atoms with E-state index in [2.05, 4.69) is 0 Å². The van der Waals surface area contributed by atoms with Gasteiger partial charge in [-0.2, -0.15) is 0 Å². The second-order valence-corrected chi connectivity index (χ2v) is 13.4. The maximum absolute atomic E-state index is 9.84. The molecule has 0 spiro atoms. The molecule has 11 aromatic rings. The van der Waals surface area contributed by atoms with Gasteiger partial charge in [0.05, 0.1) is 52.4 Å². The van der Waals surface area contributed by atoms with Gasteiger partial charge in [0.15, 0.2) is 0 Å². The summed E-state index contributed by atoms with van der Waals surface area (Å²) in [5.74, 6) is 0. The quantitative estimate of drug-likeness (QED) is 0.149. The van der Waals surface area contributed by atoms with E-state index in [9.17, 15) is 13.7 Å². The first-order valence-corrected chi connectivity index (χ1v) is 18.5. The molecule has 10 aromatic carbocycles. The summed E-state index contributed by atoms with van der Waals surface area (Å²) in [4.78, 5) is 0.458. The van der Waals surface area contributed by atoms with Gasteiger partial charge in [0, 0.05) is 33.4 Å². The molecule has 0 saturated carbocycles. The summed E-state index contributed by atoms with van der Waals surface area (Å²) < 4.78 is 238. The standard InChI is InChI=1S/C58H40N2/c1-3-13-41(14-4-1)43-23-25-44(26-24-43)45-27-33-50(34-28-45)59(56-21-11-9-19-53(56)47-16-5-2-6-17-47)51-35-29-46(30-36-51)49-32-38-58-55(40-49)54-20-10-12-22-57(54)60(58)52-37-31-42-15-7-8-18-48(42)39-52/h1-40H/i1D,2D,3D,4D,5D,6D,9D,11D,13D,14D,16D,17D,19D,21D,23D,24D,25D,26D,27D,28D,29D,30D,33D,34D,35D,36D. The van der Waals surface area contributed by atoms with E-state index in [-0.39, 0.29) is 11.1 Å². The van der Waals surface area contributed by atoms with Crippen LogP contribution in [0.25, 0.3) is 82.8 Å². The average Bonchev–Trinajstić information content (AvgIpc) is 0.876. The second-order valence-electron chi connectivity index (χ2n) is 13.4. The molecule has 0 fully saturated rings. The average molecular weight is 791 g/mol. The normalized spacial score (nSPS) is 17.4. The highest BCUT2D eigenvalue weighted by Crippen LogP contribution is 2.42. The van der Waals surface area contributed by atoms with E-state index in [4.69, 9.17) is 21.9 Å². The molecule has 0 bridgehead atoms. The first-order chi connectivity index (χ1) is 40.6. The van der Waals surface area contributed by atoms with Gasteiger partial charge in [-0.05, 0) is 110 Å². The van der Waals surface area contributed by atoms with Gasteiger partial charge in [0.1, 0.15) is 0 Å². The van der Waals surface area contributed by atoms with E-state index >= 15 is 0 Å². The number of rotatable bonds is 8. The van der Waals surface area contributed by atoms with Crippen LogP contribution in [0.5, 0.6) is 0 Å². The topological polar surface area (TPSA) is 8.17 Å². The summed E-state index contributed by atoms with van der Waals surface area (Å²) >= 11 is 0. The molecule has 0 unspecified atom stereocenters. The molecule has 2 heteroatoms. The van der Waals surface area contributed by atoms with Crippen molar-refractivity contribution >= 4 is 49.6 Å². The summed E-state index contributed by atoms with van der Waals surface area (Å²) in [5.41, 5.74) is -6.10. The van der Waals surface area contributed by atoms with E-state index in [1.165, 1.54) is 0 Å². The zero-order valence-corrected chi connectivity index (χ0v) is 31.0. The molecule has 0 saturated heterocycles. The van der Waals surface area contributed by atoms with Crippen LogP contribution in [0.15, 0.2) is 242 Å². The van der Waals surface area contributed by atoms with Gasteiger partial charge in [0.2, 0.25) is 0 Å². The molecule has 0 amide bonds. The van der Waals surface area contributed by atoms with Crippen molar-refractivity contribution in [1.29, 1.82) is 0 Å². The molecule has 0 aliphatic heterocycles. The Labute approximate surface area is 387 Å². The second kappa shape index (κ2) is 15.1. The highest BCUT2D eigenvalue weighted by molar-refractivity contribution is 6.10. The zero-order valence-electron chi connectivity index (χ0n) is 57.0. The number of fused-ring (bicyclic) bond motifs is 4. The first-order valence-electron chi connectivity index (χ1n) is 31.5. The summed E-state index contributed by atoms with van der Waals surface area (Å²) in [6.45, 7) is 0. The zero-order chi connectivity index (χ0) is 62.5. The van der Waals surface area contributed by atoms with Crippen molar-refractivity contribution in [2.45, 2.75) is 0 Å². The summed E-state index contributed by atoms with van der Waals surface area (Å²) in [5, 5.41) is 3.36. The van der Waals surface area contributed by atoms with Crippen LogP contribution in [0.1, 0.15) is 35.6 Å². The molecule has 2 nitrogen and oxygen atoms in total. The molecular weight excluding hydrogens is 725 g/mol. The Morgan fingerprint density at radius 1 is 0.350 bits per heavy atom. The van der Waals surface area contributed by atoms with Crippen molar-refractivity contribution < 1.29 is 35.6 Å². The number of hydrogen-bond donors (Lipinski definition) is 0. The molecule has 282 valence electrons. The van der Waals surface area contributed by atoms with E-state index in [1.54, 1.807) is 18.2 Å². The molecular formula is C58H40N2. The van der Waals surface area contributed by atoms with Crippen molar-refractivity contribution in [3.05, 3.63) is 242 Å². The Morgan fingerprint density at radius 3 is 1.55 bits per heavy atom. The summed E-state index contributed by atoms with van der Waals surface area (Å²) in [7, 11) is 0. The third-order valence-corrected chi connectivity index (χ3v) is 9.89. The Kier molecular flexibility index (Phi) is 4.40. The number of nitrogens with zero attached hydrogens (tertiary/aromatic N) is 2. The maximum Gasteiger partial charge on any atom is 0.0645 e. The van der Waals surface area contributed by atoms with Crippen LogP contribution < -0.4 is 4.90 Å². The minimum atomic E-state index is -1.24. The molecule has 1 aromatic heterocycles. The molecule has 0 aliphatic carbocycles. The lowest BCUT2D eigenvalue weighted by molar-refractivity contribution is 1.19. The van der Waals surface area contributed by atoms with Gasteiger partial charge in [-0.3, -0.25) is 0 Å². The third-order valence-electron chi connectivity index (χ3n) is 9.89. The van der Waals surface area contributed by atoms with Crippen molar-refractivity contribution in [3.8, 4) is 50.2 Å². The lowest BCUT2D eigenvalue weighted by atomic mass is 9.99. The monoisotopic (exact) mass is 790 g/mol. The van der Waals surface area contributed by atoms with Crippen molar-refractivity contribution in [3.63, 3.8) is 0 Å². The maximum atomic E-state index is 9.84. The minimum absolute atomic E-state index is 0.154. The summed E-state index contributed by atoms with van der Waals surface area (Å²) in [6.07, 6.45) is 0. The molecule has 0 radical (unpaired) electrons. The molecule has 11 rings (SSSR count). The molecule has 0 N–H and O–H groups in total. The number of benzene rings is 10. The smallest absolute Gasteiger partial charge is 0.0645 e. The van der Waals surface area contributed by atoms with Crippen LogP contribution in [0.3, 0.4) is 0 Å². The summed E-state index contributed by atoms with van der Waals surface area (Å²) in [6, 6.07) is -0.0262. The Bertz CT molecular complexity index is 4720. The van der Waals surface area contributed by atoms with Gasteiger partial charge >= 0.3 is 0 Å². The Morgan fingerprint density at radius 2 is 0.867 bits per heavy atom. The van der Waals surface area contributed by atoms with Crippen LogP contribution in [0.4, 0.5) is 17.1 Å². The molecule has 60 heavy (non-hydrogen) atoms. The predicted molar refractivity (Wildman–Crippen MR) is 255 cm³/mol. The number of hydrogen-bond acceptors (Lipinski definition) is 1. The van der Waals surface area contributed by atoms with Crippen molar-refractivity contribution in [2.24, 2.45) is 0 Å². The van der Waals surface area contributed by atoms with Crippen LogP contribution in [0.2, 0.25) is 0 Å². The number of para-hydroxylation sites is 2. The van der Waals surface area contributed by atoms with Gasteiger partial charge in [-0.25, -0.2) is 0 Å². The van der Waals surface area contributed by atoms with Crippen molar-refractivity contribution in [2.75, 3.05) is 4.90 Å². The number of anilines is 3. The van der Waals surface area contributed by atoms with Crippen LogP contribution >= 0.6 is 0 Å². The third kappa shape index (κ3) is 6.41. The predicted octanol–water partition coefficient (Wildman–Crippen LogP) is 16.1. The van der Waals surface area contributed by atoms with E-state index in [1.807, 2.05) is 71.3 Å². The SMILES string of the molecule is [2H]c1c([2H])c([2H])c(-c2c([2H])c([2H])c(-c3c([2H])c([2H])c(N(c4c([2H])c([2H])c(-c5ccc6c(c5)c5ccccc5n6-c5ccc6ccccc6c5)c([2H])c4[2H])c4c([2H])c([2H])c([2H])c([2H])c4-c4c([2H])c([2H])c([2H])c([2H])c4[2H])c([2H])c3[2H])c([2H])c2[2H])c([2H])c1[2H]. The largest absolute Gasteiger partial charge is 0.310 e.